The van der Waals surface area contributed by atoms with Crippen molar-refractivity contribution in [1.29, 1.82) is 0 Å². The Hall–Kier alpha value is -3.29. The summed E-state index contributed by atoms with van der Waals surface area (Å²) in [7, 11) is 0. The van der Waals surface area contributed by atoms with Crippen LogP contribution >= 0.6 is 0 Å². The minimum atomic E-state index is -5.08. The molecule has 2 aromatic rings. The van der Waals surface area contributed by atoms with Gasteiger partial charge in [0.2, 0.25) is 0 Å². The number of benzene rings is 1. The van der Waals surface area contributed by atoms with E-state index in [2.05, 4.69) is 29.0 Å². The molecule has 3 heterocycles. The number of nitrogens with zero attached hydrogens (tertiary/aromatic N) is 4. The van der Waals surface area contributed by atoms with Crippen LogP contribution in [-0.4, -0.2) is 77.1 Å². The zero-order chi connectivity index (χ0) is 28.7. The van der Waals surface area contributed by atoms with Crippen molar-refractivity contribution in [2.24, 2.45) is 0 Å². The van der Waals surface area contributed by atoms with E-state index in [9.17, 15) is 26.3 Å². The minimum absolute atomic E-state index is 0.0774. The monoisotopic (exact) mass is 563 g/mol. The highest BCUT2D eigenvalue weighted by Crippen LogP contribution is 2.30. The Morgan fingerprint density at radius 3 is 2.38 bits per heavy atom. The second kappa shape index (κ2) is 13.2. The second-order valence-electron chi connectivity index (χ2n) is 9.49. The summed E-state index contributed by atoms with van der Waals surface area (Å²) in [5.41, 5.74) is 1.87. The van der Waals surface area contributed by atoms with Crippen LogP contribution in [0.4, 0.5) is 38.0 Å². The van der Waals surface area contributed by atoms with Crippen molar-refractivity contribution in [2.45, 2.75) is 58.0 Å². The molecule has 1 aromatic heterocycles. The van der Waals surface area contributed by atoms with Crippen LogP contribution in [0.3, 0.4) is 0 Å². The van der Waals surface area contributed by atoms with Gasteiger partial charge in [0.05, 0.1) is 11.4 Å². The number of hydrogen-bond acceptors (Lipinski definition) is 7. The Bertz CT molecular complexity index is 1130. The van der Waals surface area contributed by atoms with Gasteiger partial charge in [-0.15, -0.1) is 0 Å². The van der Waals surface area contributed by atoms with Crippen LogP contribution in [0.15, 0.2) is 18.2 Å². The largest absolute Gasteiger partial charge is 0.490 e. The van der Waals surface area contributed by atoms with Crippen molar-refractivity contribution in [3.8, 4) is 5.75 Å². The van der Waals surface area contributed by atoms with E-state index in [1.54, 1.807) is 0 Å². The minimum Gasteiger partial charge on any atom is -0.487 e. The van der Waals surface area contributed by atoms with Gasteiger partial charge in [0.15, 0.2) is 23.2 Å². The second-order valence-corrected chi connectivity index (χ2v) is 9.49. The van der Waals surface area contributed by atoms with E-state index in [0.29, 0.717) is 39.0 Å². The Morgan fingerprint density at radius 1 is 1.15 bits per heavy atom. The third kappa shape index (κ3) is 8.60. The molecular weight excluding hydrogens is 532 g/mol. The van der Waals surface area contributed by atoms with Crippen LogP contribution in [0.5, 0.6) is 5.75 Å². The number of aliphatic carboxylic acids is 1. The molecule has 4 rings (SSSR count). The Balaban J connectivity index is 0.000000532. The van der Waals surface area contributed by atoms with E-state index in [-0.39, 0.29) is 24.6 Å². The summed E-state index contributed by atoms with van der Waals surface area (Å²) in [6.07, 6.45) is -3.11. The topological polar surface area (TPSA) is 90.8 Å². The zero-order valence-electron chi connectivity index (χ0n) is 21.6. The number of carbonyl (C=O) groups is 1. The molecule has 1 aromatic carbocycles. The van der Waals surface area contributed by atoms with E-state index >= 15 is 0 Å². The smallest absolute Gasteiger partial charge is 0.487 e. The summed E-state index contributed by atoms with van der Waals surface area (Å²) in [6.45, 7) is 6.91. The van der Waals surface area contributed by atoms with Gasteiger partial charge in [-0.3, -0.25) is 4.90 Å². The van der Waals surface area contributed by atoms with Crippen LogP contribution < -0.4 is 15.0 Å². The molecule has 216 valence electrons. The summed E-state index contributed by atoms with van der Waals surface area (Å²) in [4.78, 5) is 23.0. The molecule has 0 atom stereocenters. The molecule has 0 aliphatic carbocycles. The number of carboxylic acid groups (broad SMARTS) is 1. The maximum absolute atomic E-state index is 13.9. The highest BCUT2D eigenvalue weighted by atomic mass is 19.4. The zero-order valence-corrected chi connectivity index (χ0v) is 21.6. The van der Waals surface area contributed by atoms with Gasteiger partial charge < -0.3 is 20.1 Å². The Morgan fingerprint density at radius 2 is 1.82 bits per heavy atom. The first-order chi connectivity index (χ1) is 18.4. The Kier molecular flexibility index (Phi) is 10.2. The summed E-state index contributed by atoms with van der Waals surface area (Å²) in [5, 5.41) is 10.5. The predicted molar refractivity (Wildman–Crippen MR) is 132 cm³/mol. The number of fused-ring (bicyclic) bond motifs is 1. The molecule has 0 bridgehead atoms. The SMILES string of the molecule is CC(C)Nc1nc2c(nc1N1CCC(Oc3ccc(F)cc3F)CC1)CN(CCF)CC2.O=C(O)C(F)(F)F. The normalized spacial score (nSPS) is 16.4. The molecule has 14 heteroatoms. The van der Waals surface area contributed by atoms with Gasteiger partial charge in [-0.25, -0.2) is 27.9 Å². The fourth-order valence-corrected chi connectivity index (χ4v) is 4.21. The first kappa shape index (κ1) is 30.3. The first-order valence-electron chi connectivity index (χ1n) is 12.5. The number of anilines is 2. The van der Waals surface area contributed by atoms with E-state index in [1.165, 1.54) is 12.1 Å². The molecule has 8 nitrogen and oxygen atoms in total. The standard InChI is InChI=1S/C23H30F3N5O.C2HF3O2/c1-15(2)27-22-23(29-20-14-30(12-8-24)9-7-19(20)28-22)31-10-5-17(6-11-31)32-21-4-3-16(25)13-18(21)26;3-2(4,5)1(6)7/h3-4,13,15,17H,5-12,14H2,1-2H3,(H,27,28);(H,6,7). The van der Waals surface area contributed by atoms with Gasteiger partial charge in [-0.05, 0) is 26.0 Å². The van der Waals surface area contributed by atoms with Crippen LogP contribution in [0.25, 0.3) is 0 Å². The fourth-order valence-electron chi connectivity index (χ4n) is 4.21. The summed E-state index contributed by atoms with van der Waals surface area (Å²) in [5.74, 6) is -2.42. The van der Waals surface area contributed by atoms with Crippen molar-refractivity contribution in [1.82, 2.24) is 14.9 Å². The molecule has 0 saturated carbocycles. The van der Waals surface area contributed by atoms with Gasteiger partial charge in [0.1, 0.15) is 18.6 Å². The lowest BCUT2D eigenvalue weighted by Gasteiger charge is -2.35. The lowest BCUT2D eigenvalue weighted by atomic mass is 10.1. The van der Waals surface area contributed by atoms with Gasteiger partial charge in [0.25, 0.3) is 0 Å². The quantitative estimate of drug-likeness (QED) is 0.474. The van der Waals surface area contributed by atoms with Crippen LogP contribution in [0.1, 0.15) is 38.1 Å². The molecular formula is C25H31F6N5O3. The van der Waals surface area contributed by atoms with Gasteiger partial charge in [-0.2, -0.15) is 13.2 Å². The summed E-state index contributed by atoms with van der Waals surface area (Å²) >= 11 is 0. The van der Waals surface area contributed by atoms with Crippen molar-refractivity contribution in [3.63, 3.8) is 0 Å². The molecule has 1 fully saturated rings. The number of alkyl halides is 4. The average molecular weight is 564 g/mol. The number of halogens is 6. The molecule has 2 aliphatic rings. The molecule has 0 unspecified atom stereocenters. The molecule has 39 heavy (non-hydrogen) atoms. The lowest BCUT2D eigenvalue weighted by Crippen LogP contribution is -2.40. The highest BCUT2D eigenvalue weighted by molar-refractivity contribution is 5.73. The fraction of sp³-hybridized carbons (Fsp3) is 0.560. The van der Waals surface area contributed by atoms with Gasteiger partial charge in [-0.1, -0.05) is 0 Å². The van der Waals surface area contributed by atoms with Crippen molar-refractivity contribution >= 4 is 17.6 Å². The molecule has 2 aliphatic heterocycles. The number of piperidine rings is 1. The number of carboxylic acids is 1. The van der Waals surface area contributed by atoms with Crippen LogP contribution in [0.2, 0.25) is 0 Å². The number of aromatic nitrogens is 2. The van der Waals surface area contributed by atoms with E-state index < -0.39 is 23.8 Å². The molecule has 0 amide bonds. The van der Waals surface area contributed by atoms with Crippen molar-refractivity contribution in [2.75, 3.05) is 43.1 Å². The number of hydrogen-bond donors (Lipinski definition) is 2. The van der Waals surface area contributed by atoms with Crippen molar-refractivity contribution < 1.29 is 41.0 Å². The Labute approximate surface area is 222 Å². The van der Waals surface area contributed by atoms with Crippen molar-refractivity contribution in [3.05, 3.63) is 41.2 Å². The molecule has 1 saturated heterocycles. The molecule has 0 spiro atoms. The third-order valence-electron chi connectivity index (χ3n) is 6.07. The van der Waals surface area contributed by atoms with Gasteiger partial charge in [0, 0.05) is 64.1 Å². The predicted octanol–water partition coefficient (Wildman–Crippen LogP) is 4.58. The maximum Gasteiger partial charge on any atom is 0.490 e. The van der Waals surface area contributed by atoms with Crippen LogP contribution in [-0.2, 0) is 17.8 Å². The highest BCUT2D eigenvalue weighted by Gasteiger charge is 2.38. The average Bonchev–Trinajstić information content (AvgIpc) is 2.86. The summed E-state index contributed by atoms with van der Waals surface area (Å²) in [6, 6.07) is 3.57. The third-order valence-corrected chi connectivity index (χ3v) is 6.07. The van der Waals surface area contributed by atoms with E-state index in [4.69, 9.17) is 24.6 Å². The van der Waals surface area contributed by atoms with Gasteiger partial charge >= 0.3 is 12.1 Å². The van der Waals surface area contributed by atoms with Crippen LogP contribution in [0, 0.1) is 11.6 Å². The number of nitrogens with one attached hydrogen (secondary N) is 1. The van der Waals surface area contributed by atoms with E-state index in [0.717, 1.165) is 42.1 Å². The molecule has 0 radical (unpaired) electrons. The van der Waals surface area contributed by atoms with E-state index in [1.807, 2.05) is 0 Å². The first-order valence-corrected chi connectivity index (χ1v) is 12.5. The number of ether oxygens (including phenoxy) is 1. The number of rotatable bonds is 7. The summed E-state index contributed by atoms with van der Waals surface area (Å²) < 4.78 is 77.4. The molecule has 2 N–H and O–H groups in total. The maximum atomic E-state index is 13.9. The lowest BCUT2D eigenvalue weighted by molar-refractivity contribution is -0.192.